The standard InChI is InChI=1S/C23H23N3O4/c1-14-11-19(14)23(30)25-18-4-2-3-16(12-18)22(29)24-17-7-5-15(6-8-17)13-26-20(27)9-10-21(26)28/h2-8,12,14,19H,9-11,13H2,1H3,(H,24,29)(H,25,30). The first-order chi connectivity index (χ1) is 14.4. The van der Waals surface area contributed by atoms with E-state index in [1.54, 1.807) is 48.5 Å². The molecule has 0 bridgehead atoms. The maximum atomic E-state index is 12.6. The summed E-state index contributed by atoms with van der Waals surface area (Å²) < 4.78 is 0. The number of imide groups is 1. The Morgan fingerprint density at radius 2 is 1.63 bits per heavy atom. The Morgan fingerprint density at radius 1 is 0.967 bits per heavy atom. The summed E-state index contributed by atoms with van der Waals surface area (Å²) in [7, 11) is 0. The molecule has 7 nitrogen and oxygen atoms in total. The Morgan fingerprint density at radius 3 is 2.27 bits per heavy atom. The molecule has 1 heterocycles. The van der Waals surface area contributed by atoms with E-state index < -0.39 is 0 Å². The van der Waals surface area contributed by atoms with Gasteiger partial charge in [-0.05, 0) is 48.2 Å². The molecular formula is C23H23N3O4. The molecular weight excluding hydrogens is 382 g/mol. The van der Waals surface area contributed by atoms with Crippen LogP contribution in [0.4, 0.5) is 11.4 Å². The van der Waals surface area contributed by atoms with Crippen molar-refractivity contribution in [3.8, 4) is 0 Å². The van der Waals surface area contributed by atoms with Crippen LogP contribution in [0, 0.1) is 11.8 Å². The average molecular weight is 405 g/mol. The molecule has 0 spiro atoms. The summed E-state index contributed by atoms with van der Waals surface area (Å²) in [5.41, 5.74) is 2.45. The van der Waals surface area contributed by atoms with Gasteiger partial charge >= 0.3 is 0 Å². The highest BCUT2D eigenvalue weighted by molar-refractivity contribution is 6.05. The molecule has 2 unspecified atom stereocenters. The van der Waals surface area contributed by atoms with Gasteiger partial charge in [0.25, 0.3) is 5.91 Å². The van der Waals surface area contributed by atoms with E-state index in [0.29, 0.717) is 22.9 Å². The van der Waals surface area contributed by atoms with E-state index in [0.717, 1.165) is 12.0 Å². The number of hydrogen-bond acceptors (Lipinski definition) is 4. The molecule has 0 radical (unpaired) electrons. The molecule has 2 N–H and O–H groups in total. The lowest BCUT2D eigenvalue weighted by molar-refractivity contribution is -0.139. The van der Waals surface area contributed by atoms with Crippen LogP contribution in [-0.2, 0) is 20.9 Å². The molecule has 0 aromatic heterocycles. The van der Waals surface area contributed by atoms with Crippen molar-refractivity contribution in [1.82, 2.24) is 4.90 Å². The molecule has 2 aliphatic rings. The second-order valence-electron chi connectivity index (χ2n) is 7.91. The van der Waals surface area contributed by atoms with E-state index in [1.165, 1.54) is 4.90 Å². The van der Waals surface area contributed by atoms with Crippen LogP contribution in [0.15, 0.2) is 48.5 Å². The summed E-state index contributed by atoms with van der Waals surface area (Å²) in [5, 5.41) is 5.68. The second kappa shape index (κ2) is 8.10. The molecule has 30 heavy (non-hydrogen) atoms. The number of benzene rings is 2. The van der Waals surface area contributed by atoms with Crippen LogP contribution < -0.4 is 10.6 Å². The minimum Gasteiger partial charge on any atom is -0.326 e. The van der Waals surface area contributed by atoms with Crippen LogP contribution in [0.25, 0.3) is 0 Å². The highest BCUT2D eigenvalue weighted by Gasteiger charge is 2.39. The van der Waals surface area contributed by atoms with Crippen LogP contribution in [0.3, 0.4) is 0 Å². The summed E-state index contributed by atoms with van der Waals surface area (Å²) in [6.45, 7) is 2.29. The highest BCUT2D eigenvalue weighted by Crippen LogP contribution is 2.38. The van der Waals surface area contributed by atoms with Crippen LogP contribution in [0.2, 0.25) is 0 Å². The Labute approximate surface area is 174 Å². The SMILES string of the molecule is CC1CC1C(=O)Nc1cccc(C(=O)Nc2ccc(CN3C(=O)CCC3=O)cc2)c1. The van der Waals surface area contributed by atoms with Gasteiger partial charge in [-0.25, -0.2) is 0 Å². The predicted molar refractivity (Wildman–Crippen MR) is 112 cm³/mol. The monoisotopic (exact) mass is 405 g/mol. The lowest BCUT2D eigenvalue weighted by atomic mass is 10.1. The molecule has 7 heteroatoms. The maximum Gasteiger partial charge on any atom is 0.255 e. The number of nitrogens with zero attached hydrogens (tertiary/aromatic N) is 1. The van der Waals surface area contributed by atoms with E-state index >= 15 is 0 Å². The van der Waals surface area contributed by atoms with Gasteiger partial charge in [-0.2, -0.15) is 0 Å². The van der Waals surface area contributed by atoms with E-state index in [-0.39, 0.29) is 48.9 Å². The number of anilines is 2. The first-order valence-electron chi connectivity index (χ1n) is 10.0. The van der Waals surface area contributed by atoms with Gasteiger partial charge in [0.15, 0.2) is 0 Å². The van der Waals surface area contributed by atoms with Gasteiger partial charge in [0.05, 0.1) is 6.54 Å². The van der Waals surface area contributed by atoms with E-state index in [2.05, 4.69) is 10.6 Å². The fourth-order valence-corrected chi connectivity index (χ4v) is 3.54. The van der Waals surface area contributed by atoms with Crippen molar-refractivity contribution in [3.05, 3.63) is 59.7 Å². The van der Waals surface area contributed by atoms with Crippen molar-refractivity contribution >= 4 is 35.0 Å². The van der Waals surface area contributed by atoms with Crippen molar-refractivity contribution in [2.45, 2.75) is 32.7 Å². The van der Waals surface area contributed by atoms with Crippen LogP contribution >= 0.6 is 0 Å². The molecule has 2 fully saturated rings. The molecule has 1 saturated carbocycles. The van der Waals surface area contributed by atoms with Crippen molar-refractivity contribution < 1.29 is 19.2 Å². The van der Waals surface area contributed by atoms with Gasteiger partial charge in [-0.1, -0.05) is 25.1 Å². The fourth-order valence-electron chi connectivity index (χ4n) is 3.54. The van der Waals surface area contributed by atoms with E-state index in [9.17, 15) is 19.2 Å². The maximum absolute atomic E-state index is 12.6. The van der Waals surface area contributed by atoms with Crippen molar-refractivity contribution in [3.63, 3.8) is 0 Å². The third-order valence-corrected chi connectivity index (χ3v) is 5.55. The summed E-state index contributed by atoms with van der Waals surface area (Å²) in [4.78, 5) is 49.4. The molecule has 1 aliphatic carbocycles. The van der Waals surface area contributed by atoms with E-state index in [1.807, 2.05) is 6.92 Å². The zero-order chi connectivity index (χ0) is 21.3. The normalized spacial score (nSPS) is 20.2. The molecule has 2 atom stereocenters. The Hall–Kier alpha value is -3.48. The summed E-state index contributed by atoms with van der Waals surface area (Å²) in [6.07, 6.45) is 1.44. The van der Waals surface area contributed by atoms with Gasteiger partial charge in [-0.3, -0.25) is 24.1 Å². The lowest BCUT2D eigenvalue weighted by Crippen LogP contribution is -2.28. The smallest absolute Gasteiger partial charge is 0.255 e. The number of amides is 4. The Balaban J connectivity index is 1.36. The van der Waals surface area contributed by atoms with Crippen LogP contribution in [-0.4, -0.2) is 28.5 Å². The topological polar surface area (TPSA) is 95.6 Å². The molecule has 4 rings (SSSR count). The Bertz CT molecular complexity index is 999. The number of hydrogen-bond donors (Lipinski definition) is 2. The quantitative estimate of drug-likeness (QED) is 0.722. The lowest BCUT2D eigenvalue weighted by Gasteiger charge is -2.14. The largest absolute Gasteiger partial charge is 0.326 e. The number of carbonyl (C=O) groups excluding carboxylic acids is 4. The zero-order valence-electron chi connectivity index (χ0n) is 16.7. The van der Waals surface area contributed by atoms with Gasteiger partial charge in [0.2, 0.25) is 17.7 Å². The fraction of sp³-hybridized carbons (Fsp3) is 0.304. The molecule has 2 aromatic rings. The molecule has 2 aromatic carbocycles. The van der Waals surface area contributed by atoms with Gasteiger partial charge in [-0.15, -0.1) is 0 Å². The first kappa shape index (κ1) is 19.8. The van der Waals surface area contributed by atoms with Gasteiger partial charge < -0.3 is 10.6 Å². The number of carbonyl (C=O) groups is 4. The van der Waals surface area contributed by atoms with Crippen LogP contribution in [0.5, 0.6) is 0 Å². The zero-order valence-corrected chi connectivity index (χ0v) is 16.7. The number of rotatable bonds is 6. The Kier molecular flexibility index (Phi) is 5.35. The van der Waals surface area contributed by atoms with E-state index in [4.69, 9.17) is 0 Å². The number of likely N-dealkylation sites (tertiary alicyclic amines) is 1. The molecule has 154 valence electrons. The number of nitrogens with one attached hydrogen (secondary N) is 2. The summed E-state index contributed by atoms with van der Waals surface area (Å²) in [5.74, 6) is -0.122. The van der Waals surface area contributed by atoms with Crippen molar-refractivity contribution in [2.75, 3.05) is 10.6 Å². The third kappa shape index (κ3) is 4.40. The molecule has 1 saturated heterocycles. The minimum absolute atomic E-state index is 0.00869. The predicted octanol–water partition coefficient (Wildman–Crippen LogP) is 3.18. The van der Waals surface area contributed by atoms with Crippen molar-refractivity contribution in [1.29, 1.82) is 0 Å². The van der Waals surface area contributed by atoms with Crippen LogP contribution in [0.1, 0.15) is 42.1 Å². The van der Waals surface area contributed by atoms with Gasteiger partial charge in [0, 0.05) is 35.7 Å². The highest BCUT2D eigenvalue weighted by atomic mass is 16.2. The summed E-state index contributed by atoms with van der Waals surface area (Å²) in [6, 6.07) is 13.9. The minimum atomic E-state index is -0.288. The molecule has 1 aliphatic heterocycles. The average Bonchev–Trinajstić information content (AvgIpc) is 3.40. The molecule has 4 amide bonds. The summed E-state index contributed by atoms with van der Waals surface area (Å²) >= 11 is 0. The van der Waals surface area contributed by atoms with Crippen molar-refractivity contribution in [2.24, 2.45) is 11.8 Å². The van der Waals surface area contributed by atoms with Gasteiger partial charge in [0.1, 0.15) is 0 Å². The third-order valence-electron chi connectivity index (χ3n) is 5.55. The first-order valence-corrected chi connectivity index (χ1v) is 10.0. The second-order valence-corrected chi connectivity index (χ2v) is 7.91.